The van der Waals surface area contributed by atoms with Crippen LogP contribution in [0.25, 0.3) is 0 Å². The molecule has 1 aromatic heterocycles. The first-order valence-corrected chi connectivity index (χ1v) is 7.53. The van der Waals surface area contributed by atoms with Gasteiger partial charge in [0.25, 0.3) is 0 Å². The van der Waals surface area contributed by atoms with Crippen LogP contribution in [0, 0.1) is 0 Å². The second kappa shape index (κ2) is 6.85. The van der Waals surface area contributed by atoms with Crippen LogP contribution in [0.4, 0.5) is 5.69 Å². The fourth-order valence-electron chi connectivity index (χ4n) is 2.69. The predicted octanol–water partition coefficient (Wildman–Crippen LogP) is 3.02. The molecule has 0 amide bonds. The quantitative estimate of drug-likeness (QED) is 0.773. The van der Waals surface area contributed by atoms with Gasteiger partial charge in [-0.25, -0.2) is 9.97 Å². The molecule has 106 valence electrons. The van der Waals surface area contributed by atoms with Crippen LogP contribution in [0.2, 0.25) is 0 Å². The number of anilines is 1. The average molecular weight is 262 g/mol. The highest BCUT2D eigenvalue weighted by Crippen LogP contribution is 2.33. The van der Waals surface area contributed by atoms with Crippen molar-refractivity contribution in [2.45, 2.75) is 57.8 Å². The lowest BCUT2D eigenvalue weighted by Crippen LogP contribution is -2.13. The van der Waals surface area contributed by atoms with Crippen LogP contribution in [-0.4, -0.2) is 23.1 Å². The van der Waals surface area contributed by atoms with Crippen molar-refractivity contribution < 1.29 is 0 Å². The summed E-state index contributed by atoms with van der Waals surface area (Å²) in [4.78, 5) is 9.41. The highest BCUT2D eigenvalue weighted by molar-refractivity contribution is 5.47. The molecule has 1 aliphatic rings. The van der Waals surface area contributed by atoms with E-state index < -0.39 is 0 Å². The van der Waals surface area contributed by atoms with Gasteiger partial charge in [0.1, 0.15) is 5.82 Å². The van der Waals surface area contributed by atoms with E-state index in [0.717, 1.165) is 30.2 Å². The molecule has 1 aliphatic carbocycles. The summed E-state index contributed by atoms with van der Waals surface area (Å²) in [7, 11) is 0. The minimum atomic E-state index is 0.420. The van der Waals surface area contributed by atoms with Crippen molar-refractivity contribution in [1.29, 1.82) is 0 Å². The molecule has 4 nitrogen and oxygen atoms in total. The van der Waals surface area contributed by atoms with Crippen molar-refractivity contribution in [2.24, 2.45) is 5.73 Å². The third-order valence-corrected chi connectivity index (χ3v) is 3.80. The second-order valence-electron chi connectivity index (χ2n) is 5.73. The summed E-state index contributed by atoms with van der Waals surface area (Å²) in [5, 5.41) is 3.41. The molecule has 0 atom stereocenters. The number of nitrogens with one attached hydrogen (secondary N) is 1. The van der Waals surface area contributed by atoms with Gasteiger partial charge in [-0.15, -0.1) is 0 Å². The van der Waals surface area contributed by atoms with E-state index in [1.807, 2.05) is 6.20 Å². The summed E-state index contributed by atoms with van der Waals surface area (Å²) < 4.78 is 0. The standard InChI is InChI=1S/C15H26N4/c1-11(2)14-13(17-9-5-8-16)10-18-15(19-14)12-6-3-4-7-12/h10-12,17H,3-9,16H2,1-2H3. The molecule has 4 heteroatoms. The van der Waals surface area contributed by atoms with E-state index >= 15 is 0 Å². The Morgan fingerprint density at radius 1 is 1.37 bits per heavy atom. The van der Waals surface area contributed by atoms with Gasteiger partial charge in [-0.2, -0.15) is 0 Å². The van der Waals surface area contributed by atoms with Gasteiger partial charge < -0.3 is 11.1 Å². The zero-order chi connectivity index (χ0) is 13.7. The smallest absolute Gasteiger partial charge is 0.131 e. The summed E-state index contributed by atoms with van der Waals surface area (Å²) in [6.07, 6.45) is 8.08. The van der Waals surface area contributed by atoms with Crippen LogP contribution < -0.4 is 11.1 Å². The minimum absolute atomic E-state index is 0.420. The molecule has 1 heterocycles. The summed E-state index contributed by atoms with van der Waals surface area (Å²) in [5.41, 5.74) is 7.75. The van der Waals surface area contributed by atoms with Crippen molar-refractivity contribution in [3.8, 4) is 0 Å². The van der Waals surface area contributed by atoms with Crippen molar-refractivity contribution >= 4 is 5.69 Å². The molecule has 1 aromatic rings. The molecule has 2 rings (SSSR count). The predicted molar refractivity (Wildman–Crippen MR) is 79.5 cm³/mol. The Morgan fingerprint density at radius 2 is 2.11 bits per heavy atom. The molecule has 0 radical (unpaired) electrons. The van der Waals surface area contributed by atoms with Crippen LogP contribution >= 0.6 is 0 Å². The first-order valence-electron chi connectivity index (χ1n) is 7.53. The third-order valence-electron chi connectivity index (χ3n) is 3.80. The highest BCUT2D eigenvalue weighted by Gasteiger charge is 2.21. The van der Waals surface area contributed by atoms with Gasteiger partial charge in [-0.05, 0) is 31.7 Å². The zero-order valence-corrected chi connectivity index (χ0v) is 12.2. The Kier molecular flexibility index (Phi) is 5.14. The van der Waals surface area contributed by atoms with Crippen molar-refractivity contribution in [1.82, 2.24) is 9.97 Å². The van der Waals surface area contributed by atoms with Crippen LogP contribution in [0.15, 0.2) is 6.20 Å². The molecule has 0 aromatic carbocycles. The highest BCUT2D eigenvalue weighted by atomic mass is 15.0. The van der Waals surface area contributed by atoms with Gasteiger partial charge in [0.2, 0.25) is 0 Å². The van der Waals surface area contributed by atoms with E-state index in [1.165, 1.54) is 25.7 Å². The number of hydrogen-bond donors (Lipinski definition) is 2. The van der Waals surface area contributed by atoms with Crippen molar-refractivity contribution in [3.63, 3.8) is 0 Å². The lowest BCUT2D eigenvalue weighted by molar-refractivity contribution is 0.652. The Hall–Kier alpha value is -1.16. The maximum Gasteiger partial charge on any atom is 0.131 e. The zero-order valence-electron chi connectivity index (χ0n) is 12.2. The van der Waals surface area contributed by atoms with Gasteiger partial charge in [-0.3, -0.25) is 0 Å². The molecular formula is C15H26N4. The lowest BCUT2D eigenvalue weighted by atomic mass is 10.1. The fourth-order valence-corrected chi connectivity index (χ4v) is 2.69. The topological polar surface area (TPSA) is 63.8 Å². The largest absolute Gasteiger partial charge is 0.382 e. The van der Waals surface area contributed by atoms with E-state index in [2.05, 4.69) is 24.1 Å². The first-order chi connectivity index (χ1) is 9.22. The van der Waals surface area contributed by atoms with E-state index in [0.29, 0.717) is 18.4 Å². The monoisotopic (exact) mass is 262 g/mol. The van der Waals surface area contributed by atoms with Gasteiger partial charge in [0.15, 0.2) is 0 Å². The molecule has 1 fully saturated rings. The molecule has 19 heavy (non-hydrogen) atoms. The summed E-state index contributed by atoms with van der Waals surface area (Å²) in [6.45, 7) is 5.98. The molecule has 0 saturated heterocycles. The van der Waals surface area contributed by atoms with Crippen LogP contribution in [0.5, 0.6) is 0 Å². The number of hydrogen-bond acceptors (Lipinski definition) is 4. The number of nitrogens with two attached hydrogens (primary N) is 1. The summed E-state index contributed by atoms with van der Waals surface area (Å²) >= 11 is 0. The number of aromatic nitrogens is 2. The van der Waals surface area contributed by atoms with E-state index in [1.54, 1.807) is 0 Å². The Balaban J connectivity index is 2.14. The maximum absolute atomic E-state index is 5.53. The van der Waals surface area contributed by atoms with Gasteiger partial charge in [-0.1, -0.05) is 26.7 Å². The first kappa shape index (κ1) is 14.3. The van der Waals surface area contributed by atoms with Crippen LogP contribution in [-0.2, 0) is 0 Å². The molecule has 1 saturated carbocycles. The second-order valence-corrected chi connectivity index (χ2v) is 5.73. The van der Waals surface area contributed by atoms with Gasteiger partial charge in [0.05, 0.1) is 17.6 Å². The molecule has 0 spiro atoms. The number of nitrogens with zero attached hydrogens (tertiary/aromatic N) is 2. The van der Waals surface area contributed by atoms with E-state index in [9.17, 15) is 0 Å². The Labute approximate surface area is 116 Å². The summed E-state index contributed by atoms with van der Waals surface area (Å²) in [5.74, 6) is 2.05. The third kappa shape index (κ3) is 3.66. The van der Waals surface area contributed by atoms with E-state index in [-0.39, 0.29) is 0 Å². The van der Waals surface area contributed by atoms with E-state index in [4.69, 9.17) is 10.7 Å². The Bertz CT molecular complexity index is 397. The molecular weight excluding hydrogens is 236 g/mol. The summed E-state index contributed by atoms with van der Waals surface area (Å²) in [6, 6.07) is 0. The molecule has 0 aliphatic heterocycles. The molecule has 3 N–H and O–H groups in total. The lowest BCUT2D eigenvalue weighted by Gasteiger charge is -2.16. The fraction of sp³-hybridized carbons (Fsp3) is 0.733. The normalized spacial score (nSPS) is 16.2. The van der Waals surface area contributed by atoms with Gasteiger partial charge >= 0.3 is 0 Å². The van der Waals surface area contributed by atoms with Gasteiger partial charge in [0, 0.05) is 12.5 Å². The minimum Gasteiger partial charge on any atom is -0.382 e. The molecule has 0 bridgehead atoms. The SMILES string of the molecule is CC(C)c1nc(C2CCCC2)ncc1NCCCN. The van der Waals surface area contributed by atoms with Crippen LogP contribution in [0.3, 0.4) is 0 Å². The number of rotatable bonds is 6. The molecule has 0 unspecified atom stereocenters. The van der Waals surface area contributed by atoms with Crippen molar-refractivity contribution in [2.75, 3.05) is 18.4 Å². The average Bonchev–Trinajstić information content (AvgIpc) is 2.93. The maximum atomic E-state index is 5.53. The Morgan fingerprint density at radius 3 is 2.74 bits per heavy atom. The van der Waals surface area contributed by atoms with Crippen molar-refractivity contribution in [3.05, 3.63) is 17.7 Å². The van der Waals surface area contributed by atoms with Crippen LogP contribution in [0.1, 0.15) is 69.3 Å².